The van der Waals surface area contributed by atoms with Crippen LogP contribution in [0.25, 0.3) is 5.57 Å². The molecule has 0 saturated carbocycles. The lowest BCUT2D eigenvalue weighted by Gasteiger charge is -2.22. The van der Waals surface area contributed by atoms with E-state index in [-0.39, 0.29) is 0 Å². The highest BCUT2D eigenvalue weighted by Crippen LogP contribution is 2.36. The van der Waals surface area contributed by atoms with Crippen LogP contribution in [0.3, 0.4) is 0 Å². The standard InChI is InChI=1S/C28H32.C2H6/c1-5-11-21(2)16-18-24-19-17-22(3)25-13-9-10-15-27(25)28-14-8-6-7-12-26(28)23(4)20-24;1-2/h5-13,15-17,19-20,22-23H,14,18H2,1-4H3;1-2H3/b11-5-,19-17-,21-16-,24-20-;. The lowest BCUT2D eigenvalue weighted by Crippen LogP contribution is -2.04. The molecule has 2 aliphatic rings. The molecule has 3 rings (SSSR count). The molecular formula is C30H38. The van der Waals surface area contributed by atoms with Gasteiger partial charge in [0.15, 0.2) is 0 Å². The van der Waals surface area contributed by atoms with Gasteiger partial charge in [-0.1, -0.05) is 118 Å². The first-order valence-corrected chi connectivity index (χ1v) is 11.4. The molecule has 0 N–H and O–H groups in total. The lowest BCUT2D eigenvalue weighted by atomic mass is 9.83. The van der Waals surface area contributed by atoms with Gasteiger partial charge in [-0.25, -0.2) is 0 Å². The molecule has 2 unspecified atom stereocenters. The second-order valence-electron chi connectivity index (χ2n) is 7.84. The Balaban J connectivity index is 0.00000155. The molecule has 0 aromatic heterocycles. The summed E-state index contributed by atoms with van der Waals surface area (Å²) in [6.07, 6.45) is 24.7. The molecular weight excluding hydrogens is 360 g/mol. The van der Waals surface area contributed by atoms with E-state index in [1.54, 1.807) is 0 Å². The largest absolute Gasteiger partial charge is 0.0874 e. The van der Waals surface area contributed by atoms with Gasteiger partial charge in [0.05, 0.1) is 0 Å². The molecule has 0 aliphatic heterocycles. The summed E-state index contributed by atoms with van der Waals surface area (Å²) in [6.45, 7) is 12.9. The van der Waals surface area contributed by atoms with Crippen molar-refractivity contribution in [3.63, 3.8) is 0 Å². The van der Waals surface area contributed by atoms with E-state index in [1.165, 1.54) is 33.4 Å². The van der Waals surface area contributed by atoms with Crippen molar-refractivity contribution in [2.75, 3.05) is 0 Å². The molecule has 0 nitrogen and oxygen atoms in total. The normalized spacial score (nSPS) is 24.2. The summed E-state index contributed by atoms with van der Waals surface area (Å²) in [5.41, 5.74) is 8.43. The first-order valence-electron chi connectivity index (χ1n) is 11.4. The molecule has 0 amide bonds. The maximum absolute atomic E-state index is 2.45. The molecule has 0 heteroatoms. The molecule has 2 aliphatic carbocycles. The van der Waals surface area contributed by atoms with Crippen LogP contribution in [0.1, 0.15) is 71.4 Å². The van der Waals surface area contributed by atoms with Crippen molar-refractivity contribution < 1.29 is 0 Å². The number of allylic oxidation sites excluding steroid dienone is 14. The summed E-state index contributed by atoms with van der Waals surface area (Å²) in [6, 6.07) is 8.93. The van der Waals surface area contributed by atoms with Gasteiger partial charge < -0.3 is 0 Å². The molecule has 0 spiro atoms. The number of hydrogen-bond donors (Lipinski definition) is 0. The third-order valence-electron chi connectivity index (χ3n) is 5.61. The van der Waals surface area contributed by atoms with Crippen molar-refractivity contribution in [2.45, 2.75) is 60.3 Å². The van der Waals surface area contributed by atoms with Gasteiger partial charge in [-0.15, -0.1) is 0 Å². The molecule has 0 fully saturated rings. The third kappa shape index (κ3) is 6.20. The van der Waals surface area contributed by atoms with Gasteiger partial charge in [0.2, 0.25) is 0 Å². The summed E-state index contributed by atoms with van der Waals surface area (Å²) in [5.74, 6) is 0.765. The molecule has 158 valence electrons. The van der Waals surface area contributed by atoms with Gasteiger partial charge in [0.25, 0.3) is 0 Å². The number of fused-ring (bicyclic) bond motifs is 2. The average molecular weight is 399 g/mol. The first kappa shape index (κ1) is 23.7. The summed E-state index contributed by atoms with van der Waals surface area (Å²) < 4.78 is 0. The van der Waals surface area contributed by atoms with E-state index in [2.05, 4.69) is 113 Å². The highest BCUT2D eigenvalue weighted by molar-refractivity contribution is 5.76. The predicted octanol–water partition coefficient (Wildman–Crippen LogP) is 9.13. The fourth-order valence-electron chi connectivity index (χ4n) is 4.09. The summed E-state index contributed by atoms with van der Waals surface area (Å²) >= 11 is 0. The lowest BCUT2D eigenvalue weighted by molar-refractivity contribution is 0.870. The minimum Gasteiger partial charge on any atom is -0.0874 e. The van der Waals surface area contributed by atoms with E-state index < -0.39 is 0 Å². The van der Waals surface area contributed by atoms with Crippen LogP contribution >= 0.6 is 0 Å². The number of rotatable bonds is 3. The quantitative estimate of drug-likeness (QED) is 0.445. The second-order valence-corrected chi connectivity index (χ2v) is 7.84. The van der Waals surface area contributed by atoms with E-state index in [9.17, 15) is 0 Å². The molecule has 30 heavy (non-hydrogen) atoms. The summed E-state index contributed by atoms with van der Waals surface area (Å²) in [7, 11) is 0. The van der Waals surface area contributed by atoms with Crippen molar-refractivity contribution in [1.29, 1.82) is 0 Å². The molecule has 1 aromatic rings. The van der Waals surface area contributed by atoms with Crippen molar-refractivity contribution in [3.05, 3.63) is 113 Å². The Bertz CT molecular complexity index is 909. The van der Waals surface area contributed by atoms with Crippen LogP contribution in [0.15, 0.2) is 102 Å². The van der Waals surface area contributed by atoms with E-state index in [4.69, 9.17) is 0 Å². The fraction of sp³-hybridized carbons (Fsp3) is 0.333. The minimum atomic E-state index is 0.377. The van der Waals surface area contributed by atoms with Gasteiger partial charge in [-0.3, -0.25) is 0 Å². The highest BCUT2D eigenvalue weighted by Gasteiger charge is 2.18. The van der Waals surface area contributed by atoms with Crippen molar-refractivity contribution >= 4 is 5.57 Å². The maximum Gasteiger partial charge on any atom is -0.000118 e. The van der Waals surface area contributed by atoms with Crippen molar-refractivity contribution in [1.82, 2.24) is 0 Å². The van der Waals surface area contributed by atoms with Gasteiger partial charge in [0.1, 0.15) is 0 Å². The smallest absolute Gasteiger partial charge is 0.000118 e. The molecule has 0 saturated heterocycles. The Hall–Kier alpha value is -2.60. The number of benzene rings is 1. The molecule has 1 aromatic carbocycles. The topological polar surface area (TPSA) is 0 Å². The van der Waals surface area contributed by atoms with E-state index in [0.717, 1.165) is 12.8 Å². The third-order valence-corrected chi connectivity index (χ3v) is 5.61. The van der Waals surface area contributed by atoms with Gasteiger partial charge >= 0.3 is 0 Å². The molecule has 2 atom stereocenters. The van der Waals surface area contributed by atoms with E-state index in [1.807, 2.05) is 13.8 Å². The second kappa shape index (κ2) is 12.2. The summed E-state index contributed by atoms with van der Waals surface area (Å²) in [5, 5.41) is 0. The average Bonchev–Trinajstić information content (AvgIpc) is 3.02. The SMILES string of the molecule is C/C=C\C(C)=C/CC1=C/C(C)C2=C(CC=CC=C2)c2ccccc2C(C)/C=C\1.CC. The van der Waals surface area contributed by atoms with Gasteiger partial charge in [0, 0.05) is 0 Å². The van der Waals surface area contributed by atoms with E-state index in [0.29, 0.717) is 11.8 Å². The minimum absolute atomic E-state index is 0.377. The zero-order valence-electron chi connectivity index (χ0n) is 19.7. The zero-order chi connectivity index (χ0) is 21.9. The van der Waals surface area contributed by atoms with Crippen molar-refractivity contribution in [2.24, 2.45) is 5.92 Å². The van der Waals surface area contributed by atoms with Crippen LogP contribution in [0.4, 0.5) is 0 Å². The Kier molecular flexibility index (Phi) is 9.61. The summed E-state index contributed by atoms with van der Waals surface area (Å²) in [4.78, 5) is 0. The molecule has 0 radical (unpaired) electrons. The highest BCUT2D eigenvalue weighted by atomic mass is 14.2. The van der Waals surface area contributed by atoms with Crippen LogP contribution in [-0.4, -0.2) is 0 Å². The van der Waals surface area contributed by atoms with Crippen LogP contribution in [-0.2, 0) is 0 Å². The van der Waals surface area contributed by atoms with Crippen molar-refractivity contribution in [3.8, 4) is 0 Å². The van der Waals surface area contributed by atoms with Crippen LogP contribution in [0.2, 0.25) is 0 Å². The Labute approximate surface area is 184 Å². The van der Waals surface area contributed by atoms with Crippen LogP contribution in [0.5, 0.6) is 0 Å². The number of hydrogen-bond acceptors (Lipinski definition) is 0. The van der Waals surface area contributed by atoms with Gasteiger partial charge in [-0.05, 0) is 66.4 Å². The predicted molar refractivity (Wildman–Crippen MR) is 136 cm³/mol. The molecule has 0 bridgehead atoms. The Morgan fingerprint density at radius 3 is 2.57 bits per heavy atom. The fourth-order valence-corrected chi connectivity index (χ4v) is 4.09. The monoisotopic (exact) mass is 398 g/mol. The maximum atomic E-state index is 2.45. The zero-order valence-corrected chi connectivity index (χ0v) is 19.7. The Morgan fingerprint density at radius 2 is 1.80 bits per heavy atom. The van der Waals surface area contributed by atoms with Gasteiger partial charge in [-0.2, -0.15) is 0 Å². The Morgan fingerprint density at radius 1 is 1.03 bits per heavy atom. The van der Waals surface area contributed by atoms with Crippen LogP contribution < -0.4 is 0 Å². The first-order chi connectivity index (χ1) is 14.6. The van der Waals surface area contributed by atoms with E-state index >= 15 is 0 Å². The molecule has 0 heterocycles. The van der Waals surface area contributed by atoms with Crippen LogP contribution in [0, 0.1) is 5.92 Å².